The number of hydrogen-bond donors (Lipinski definition) is 0. The summed E-state index contributed by atoms with van der Waals surface area (Å²) in [5, 5.41) is 0. The summed E-state index contributed by atoms with van der Waals surface area (Å²) < 4.78 is 15.9. The summed E-state index contributed by atoms with van der Waals surface area (Å²) in [5.41, 5.74) is 5.09. The Kier molecular flexibility index (Phi) is 6.46. The zero-order chi connectivity index (χ0) is 20.1. The van der Waals surface area contributed by atoms with Crippen LogP contribution in [-0.2, 0) is 19.6 Å². The number of benzene rings is 2. The summed E-state index contributed by atoms with van der Waals surface area (Å²) in [5.74, 6) is -0.167. The summed E-state index contributed by atoms with van der Waals surface area (Å²) in [6.45, 7) is 4.84. The fraction of sp³-hybridized carbons (Fsp3) is 0.385. The summed E-state index contributed by atoms with van der Waals surface area (Å²) >= 11 is 0. The van der Waals surface area contributed by atoms with Gasteiger partial charge in [0.05, 0.1) is 0 Å². The van der Waals surface area contributed by atoms with Crippen LogP contribution in [0.1, 0.15) is 54.5 Å². The number of nitrogens with zero attached hydrogens (tertiary/aromatic N) is 2. The van der Waals surface area contributed by atoms with Gasteiger partial charge in [-0.25, -0.2) is 4.39 Å². The first-order valence-electron chi connectivity index (χ1n) is 10.9. The molecule has 2 nitrogen and oxygen atoms in total. The molecule has 1 heterocycles. The third-order valence-corrected chi connectivity index (χ3v) is 6.26. The molecular weight excluding hydrogens is 359 g/mol. The van der Waals surface area contributed by atoms with Gasteiger partial charge in [-0.3, -0.25) is 4.90 Å². The van der Waals surface area contributed by atoms with Gasteiger partial charge >= 0.3 is 0 Å². The van der Waals surface area contributed by atoms with Crippen LogP contribution in [0.2, 0.25) is 0 Å². The van der Waals surface area contributed by atoms with E-state index in [4.69, 9.17) is 0 Å². The maximum absolute atomic E-state index is 13.6. The topological polar surface area (TPSA) is 8.17 Å². The van der Waals surface area contributed by atoms with Crippen molar-refractivity contribution < 1.29 is 4.39 Å². The molecule has 0 spiro atoms. The van der Waals surface area contributed by atoms with E-state index in [2.05, 4.69) is 59.0 Å². The van der Waals surface area contributed by atoms with Crippen molar-refractivity contribution in [2.45, 2.75) is 64.7 Å². The lowest BCUT2D eigenvalue weighted by atomic mass is 9.93. The van der Waals surface area contributed by atoms with Crippen LogP contribution in [-0.4, -0.2) is 15.5 Å². The van der Waals surface area contributed by atoms with Gasteiger partial charge in [-0.15, -0.1) is 0 Å². The SMILES string of the molecule is Cc1ccccc1CN(Cc1cccn1Cc1cccc(F)c1)C1CCCCC1. The zero-order valence-electron chi connectivity index (χ0n) is 17.4. The molecule has 4 rings (SSSR count). The highest BCUT2D eigenvalue weighted by Crippen LogP contribution is 2.26. The summed E-state index contributed by atoms with van der Waals surface area (Å²) in [6, 6.07) is 20.6. The summed E-state index contributed by atoms with van der Waals surface area (Å²) in [6.07, 6.45) is 8.73. The third-order valence-electron chi connectivity index (χ3n) is 6.26. The molecule has 3 aromatic rings. The van der Waals surface area contributed by atoms with Gasteiger partial charge in [0.15, 0.2) is 0 Å². The second kappa shape index (κ2) is 9.41. The van der Waals surface area contributed by atoms with E-state index in [1.54, 1.807) is 12.1 Å². The third kappa shape index (κ3) is 5.16. The molecule has 0 N–H and O–H groups in total. The molecule has 152 valence electrons. The average Bonchev–Trinajstić information content (AvgIpc) is 3.16. The monoisotopic (exact) mass is 390 g/mol. The molecule has 0 amide bonds. The first kappa shape index (κ1) is 19.9. The lowest BCUT2D eigenvalue weighted by molar-refractivity contribution is 0.136. The Morgan fingerprint density at radius 1 is 0.931 bits per heavy atom. The molecule has 0 bridgehead atoms. The maximum atomic E-state index is 13.6. The minimum absolute atomic E-state index is 0.167. The van der Waals surface area contributed by atoms with E-state index in [0.717, 1.165) is 18.7 Å². The number of hydrogen-bond acceptors (Lipinski definition) is 1. The molecule has 2 aromatic carbocycles. The molecule has 0 aliphatic heterocycles. The van der Waals surface area contributed by atoms with E-state index in [9.17, 15) is 4.39 Å². The normalized spacial score (nSPS) is 15.1. The van der Waals surface area contributed by atoms with Crippen molar-refractivity contribution in [2.24, 2.45) is 0 Å². The van der Waals surface area contributed by atoms with Crippen molar-refractivity contribution >= 4 is 0 Å². The van der Waals surface area contributed by atoms with Crippen LogP contribution in [0.5, 0.6) is 0 Å². The molecule has 0 radical (unpaired) electrons. The summed E-state index contributed by atoms with van der Waals surface area (Å²) in [4.78, 5) is 2.67. The predicted octanol–water partition coefficient (Wildman–Crippen LogP) is 6.32. The number of rotatable bonds is 7. The Balaban J connectivity index is 1.54. The molecule has 1 aliphatic rings. The van der Waals surface area contributed by atoms with Gasteiger partial charge in [0, 0.05) is 37.6 Å². The zero-order valence-corrected chi connectivity index (χ0v) is 17.4. The van der Waals surface area contributed by atoms with Crippen LogP contribution in [0.25, 0.3) is 0 Å². The molecule has 29 heavy (non-hydrogen) atoms. The molecule has 0 atom stereocenters. The molecule has 0 unspecified atom stereocenters. The second-order valence-electron chi connectivity index (χ2n) is 8.38. The molecule has 0 saturated heterocycles. The first-order chi connectivity index (χ1) is 14.2. The fourth-order valence-corrected chi connectivity index (χ4v) is 4.55. The minimum Gasteiger partial charge on any atom is -0.346 e. The van der Waals surface area contributed by atoms with Crippen molar-refractivity contribution in [3.05, 3.63) is 95.1 Å². The van der Waals surface area contributed by atoms with Crippen LogP contribution >= 0.6 is 0 Å². The van der Waals surface area contributed by atoms with Crippen LogP contribution in [0, 0.1) is 12.7 Å². The average molecular weight is 391 g/mol. The molecule has 1 saturated carbocycles. The fourth-order valence-electron chi connectivity index (χ4n) is 4.55. The Bertz CT molecular complexity index is 924. The molecule has 3 heteroatoms. The van der Waals surface area contributed by atoms with Crippen LogP contribution < -0.4 is 0 Å². The van der Waals surface area contributed by atoms with E-state index < -0.39 is 0 Å². The Hall–Kier alpha value is -2.39. The van der Waals surface area contributed by atoms with Crippen molar-refractivity contribution in [1.82, 2.24) is 9.47 Å². The van der Waals surface area contributed by atoms with E-state index in [0.29, 0.717) is 12.6 Å². The van der Waals surface area contributed by atoms with Crippen LogP contribution in [0.3, 0.4) is 0 Å². The van der Waals surface area contributed by atoms with Crippen LogP contribution in [0.4, 0.5) is 4.39 Å². The van der Waals surface area contributed by atoms with Crippen molar-refractivity contribution in [3.8, 4) is 0 Å². The van der Waals surface area contributed by atoms with Crippen LogP contribution in [0.15, 0.2) is 66.9 Å². The van der Waals surface area contributed by atoms with Gasteiger partial charge in [-0.05, 0) is 60.7 Å². The van der Waals surface area contributed by atoms with Crippen molar-refractivity contribution in [1.29, 1.82) is 0 Å². The Morgan fingerprint density at radius 2 is 1.76 bits per heavy atom. The van der Waals surface area contributed by atoms with Crippen molar-refractivity contribution in [3.63, 3.8) is 0 Å². The van der Waals surface area contributed by atoms with Gasteiger partial charge in [0.1, 0.15) is 5.82 Å². The van der Waals surface area contributed by atoms with Gasteiger partial charge < -0.3 is 4.57 Å². The van der Waals surface area contributed by atoms with Gasteiger partial charge in [-0.2, -0.15) is 0 Å². The predicted molar refractivity (Wildman–Crippen MR) is 117 cm³/mol. The number of aryl methyl sites for hydroxylation is 1. The highest BCUT2D eigenvalue weighted by atomic mass is 19.1. The smallest absolute Gasteiger partial charge is 0.123 e. The largest absolute Gasteiger partial charge is 0.346 e. The van der Waals surface area contributed by atoms with E-state index in [1.807, 2.05) is 6.07 Å². The molecule has 1 aromatic heterocycles. The molecule has 1 fully saturated rings. The minimum atomic E-state index is -0.167. The second-order valence-corrected chi connectivity index (χ2v) is 8.38. The van der Waals surface area contributed by atoms with Gasteiger partial charge in [0.2, 0.25) is 0 Å². The lowest BCUT2D eigenvalue weighted by Crippen LogP contribution is -2.36. The molecular formula is C26H31FN2. The van der Waals surface area contributed by atoms with E-state index in [-0.39, 0.29) is 5.82 Å². The highest BCUT2D eigenvalue weighted by molar-refractivity contribution is 5.26. The quantitative estimate of drug-likeness (QED) is 0.458. The standard InChI is InChI=1S/C26H31FN2/c1-21-9-5-6-11-23(21)19-29(25-13-3-2-4-14-25)20-26-15-8-16-28(26)18-22-10-7-12-24(27)17-22/h5-12,15-17,25H,2-4,13-14,18-20H2,1H3. The first-order valence-corrected chi connectivity index (χ1v) is 10.9. The maximum Gasteiger partial charge on any atom is 0.123 e. The van der Waals surface area contributed by atoms with E-state index in [1.165, 1.54) is 55.0 Å². The molecule has 1 aliphatic carbocycles. The summed E-state index contributed by atoms with van der Waals surface area (Å²) in [7, 11) is 0. The Labute approximate surface area is 174 Å². The number of halogens is 1. The van der Waals surface area contributed by atoms with Gasteiger partial charge in [0.25, 0.3) is 0 Å². The number of aromatic nitrogens is 1. The highest BCUT2D eigenvalue weighted by Gasteiger charge is 2.22. The Morgan fingerprint density at radius 3 is 2.55 bits per heavy atom. The van der Waals surface area contributed by atoms with Crippen molar-refractivity contribution in [2.75, 3.05) is 0 Å². The van der Waals surface area contributed by atoms with E-state index >= 15 is 0 Å². The lowest BCUT2D eigenvalue weighted by Gasteiger charge is -2.35. The van der Waals surface area contributed by atoms with Gasteiger partial charge in [-0.1, -0.05) is 55.7 Å².